The topological polar surface area (TPSA) is 89.2 Å². The summed E-state index contributed by atoms with van der Waals surface area (Å²) in [6.07, 6.45) is 1.77. The summed E-state index contributed by atoms with van der Waals surface area (Å²) in [5.74, 6) is 0.495. The Bertz CT molecular complexity index is 1240. The van der Waals surface area contributed by atoms with E-state index in [0.717, 1.165) is 16.7 Å². The van der Waals surface area contributed by atoms with Crippen LogP contribution in [0.25, 0.3) is 16.7 Å². The minimum atomic E-state index is -0.303. The van der Waals surface area contributed by atoms with Crippen molar-refractivity contribution < 1.29 is 14.3 Å². The molecule has 1 aromatic heterocycles. The van der Waals surface area contributed by atoms with Gasteiger partial charge in [-0.15, -0.1) is 0 Å². The van der Waals surface area contributed by atoms with Crippen LogP contribution in [0.1, 0.15) is 5.56 Å². The number of carbonyl (C=O) groups excluding carboxylic acids is 1. The lowest BCUT2D eigenvalue weighted by atomic mass is 10.2. The van der Waals surface area contributed by atoms with Crippen LogP contribution in [0.15, 0.2) is 73.1 Å². The van der Waals surface area contributed by atoms with Crippen LogP contribution in [0, 0.1) is 11.3 Å². The molecular formula is C23H18N4O3. The Balaban J connectivity index is 1.40. The zero-order valence-corrected chi connectivity index (χ0v) is 16.2. The molecule has 0 saturated heterocycles. The van der Waals surface area contributed by atoms with Gasteiger partial charge in [0.25, 0.3) is 5.91 Å². The molecule has 0 atom stereocenters. The van der Waals surface area contributed by atoms with E-state index in [1.54, 1.807) is 24.5 Å². The number of hydrogen-bond acceptors (Lipinski definition) is 5. The molecule has 4 aromatic rings. The van der Waals surface area contributed by atoms with Gasteiger partial charge in [0.1, 0.15) is 6.33 Å². The van der Waals surface area contributed by atoms with Crippen molar-refractivity contribution in [1.29, 1.82) is 5.26 Å². The molecule has 7 nitrogen and oxygen atoms in total. The molecule has 0 unspecified atom stereocenters. The fourth-order valence-electron chi connectivity index (χ4n) is 3.07. The van der Waals surface area contributed by atoms with Crippen molar-refractivity contribution in [1.82, 2.24) is 9.55 Å². The normalized spacial score (nSPS) is 10.4. The van der Waals surface area contributed by atoms with Gasteiger partial charge in [-0.05, 0) is 48.5 Å². The van der Waals surface area contributed by atoms with E-state index < -0.39 is 0 Å². The van der Waals surface area contributed by atoms with E-state index in [4.69, 9.17) is 14.7 Å². The molecule has 1 amide bonds. The van der Waals surface area contributed by atoms with Crippen molar-refractivity contribution in [3.8, 4) is 23.3 Å². The number of anilines is 1. The standard InChI is InChI=1S/C23H18N4O3/c1-29-22-12-16(13-24)6-11-21(22)30-14-23(28)26-17-7-9-18(10-8-17)27-15-25-19-4-2-3-5-20(19)27/h2-12,15H,14H2,1H3,(H,26,28). The average Bonchev–Trinajstić information content (AvgIpc) is 3.22. The fraction of sp³-hybridized carbons (Fsp3) is 0.0870. The van der Waals surface area contributed by atoms with E-state index in [0.29, 0.717) is 22.7 Å². The molecule has 0 spiro atoms. The Kier molecular flexibility index (Phi) is 5.31. The van der Waals surface area contributed by atoms with Gasteiger partial charge in [-0.2, -0.15) is 5.26 Å². The molecule has 1 heterocycles. The number of amides is 1. The molecule has 148 valence electrons. The lowest BCUT2D eigenvalue weighted by Gasteiger charge is -2.11. The van der Waals surface area contributed by atoms with Gasteiger partial charge in [0.2, 0.25) is 0 Å². The first-order valence-electron chi connectivity index (χ1n) is 9.21. The maximum atomic E-state index is 12.3. The molecular weight excluding hydrogens is 380 g/mol. The van der Waals surface area contributed by atoms with Crippen LogP contribution in [0.2, 0.25) is 0 Å². The third-order valence-electron chi connectivity index (χ3n) is 4.53. The molecule has 1 N–H and O–H groups in total. The SMILES string of the molecule is COc1cc(C#N)ccc1OCC(=O)Nc1ccc(-n2cnc3ccccc32)cc1. The first kappa shape index (κ1) is 19.0. The number of carbonyl (C=O) groups is 1. The highest BCUT2D eigenvalue weighted by atomic mass is 16.5. The van der Waals surface area contributed by atoms with Crippen molar-refractivity contribution in [3.63, 3.8) is 0 Å². The molecule has 0 radical (unpaired) electrons. The second kappa shape index (κ2) is 8.37. The minimum Gasteiger partial charge on any atom is -0.493 e. The lowest BCUT2D eigenvalue weighted by molar-refractivity contribution is -0.118. The zero-order valence-electron chi connectivity index (χ0n) is 16.2. The van der Waals surface area contributed by atoms with E-state index in [2.05, 4.69) is 10.3 Å². The van der Waals surface area contributed by atoms with E-state index in [1.807, 2.05) is 59.2 Å². The summed E-state index contributed by atoms with van der Waals surface area (Å²) >= 11 is 0. The molecule has 30 heavy (non-hydrogen) atoms. The van der Waals surface area contributed by atoms with Crippen molar-refractivity contribution in [2.24, 2.45) is 0 Å². The number of methoxy groups -OCH3 is 1. The van der Waals surface area contributed by atoms with Crippen LogP contribution in [0.4, 0.5) is 5.69 Å². The predicted molar refractivity (Wildman–Crippen MR) is 113 cm³/mol. The molecule has 0 aliphatic rings. The van der Waals surface area contributed by atoms with Crippen LogP contribution in [0.3, 0.4) is 0 Å². The van der Waals surface area contributed by atoms with Gasteiger partial charge in [0.05, 0.1) is 29.8 Å². The van der Waals surface area contributed by atoms with E-state index >= 15 is 0 Å². The lowest BCUT2D eigenvalue weighted by Crippen LogP contribution is -2.20. The minimum absolute atomic E-state index is 0.184. The highest BCUT2D eigenvalue weighted by Crippen LogP contribution is 2.27. The summed E-state index contributed by atoms with van der Waals surface area (Å²) in [5, 5.41) is 11.7. The highest BCUT2D eigenvalue weighted by molar-refractivity contribution is 5.92. The van der Waals surface area contributed by atoms with Crippen molar-refractivity contribution in [3.05, 3.63) is 78.6 Å². The molecule has 4 rings (SSSR count). The molecule has 0 bridgehead atoms. The van der Waals surface area contributed by atoms with Crippen LogP contribution in [-0.4, -0.2) is 29.2 Å². The smallest absolute Gasteiger partial charge is 0.262 e. The summed E-state index contributed by atoms with van der Waals surface area (Å²) in [7, 11) is 1.48. The average molecular weight is 398 g/mol. The number of aromatic nitrogens is 2. The predicted octanol–water partition coefficient (Wildman–Crippen LogP) is 3.92. The Morgan fingerprint density at radius 3 is 2.67 bits per heavy atom. The number of rotatable bonds is 6. The van der Waals surface area contributed by atoms with Gasteiger partial charge in [-0.1, -0.05) is 12.1 Å². The first-order valence-corrected chi connectivity index (χ1v) is 9.21. The van der Waals surface area contributed by atoms with Crippen molar-refractivity contribution in [2.45, 2.75) is 0 Å². The zero-order chi connectivity index (χ0) is 20.9. The number of ether oxygens (including phenoxy) is 2. The first-order chi connectivity index (χ1) is 14.7. The Hall–Kier alpha value is -4.31. The van der Waals surface area contributed by atoms with Crippen molar-refractivity contribution >= 4 is 22.6 Å². The highest BCUT2D eigenvalue weighted by Gasteiger charge is 2.10. The summed E-state index contributed by atoms with van der Waals surface area (Å²) < 4.78 is 12.7. The van der Waals surface area contributed by atoms with Crippen LogP contribution in [0.5, 0.6) is 11.5 Å². The number of benzene rings is 3. The monoisotopic (exact) mass is 398 g/mol. The number of hydrogen-bond donors (Lipinski definition) is 1. The quantitative estimate of drug-likeness (QED) is 0.532. The van der Waals surface area contributed by atoms with Crippen molar-refractivity contribution in [2.75, 3.05) is 19.0 Å². The number of para-hydroxylation sites is 2. The Labute approximate surface area is 173 Å². The molecule has 0 aliphatic carbocycles. The molecule has 7 heteroatoms. The van der Waals surface area contributed by atoms with E-state index in [9.17, 15) is 4.79 Å². The third-order valence-corrected chi connectivity index (χ3v) is 4.53. The van der Waals surface area contributed by atoms with Gasteiger partial charge in [-0.25, -0.2) is 4.98 Å². The maximum absolute atomic E-state index is 12.3. The van der Waals surface area contributed by atoms with E-state index in [-0.39, 0.29) is 12.5 Å². The van der Waals surface area contributed by atoms with E-state index in [1.165, 1.54) is 7.11 Å². The molecule has 0 fully saturated rings. The van der Waals surface area contributed by atoms with Gasteiger partial charge >= 0.3 is 0 Å². The fourth-order valence-corrected chi connectivity index (χ4v) is 3.07. The Morgan fingerprint density at radius 2 is 1.90 bits per heavy atom. The van der Waals surface area contributed by atoms with Gasteiger partial charge in [0, 0.05) is 17.4 Å². The molecule has 0 saturated carbocycles. The third kappa shape index (κ3) is 3.93. The number of nitrogens with one attached hydrogen (secondary N) is 1. The van der Waals surface area contributed by atoms with Gasteiger partial charge in [0.15, 0.2) is 18.1 Å². The summed E-state index contributed by atoms with van der Waals surface area (Å²) in [4.78, 5) is 16.6. The number of fused-ring (bicyclic) bond motifs is 1. The summed E-state index contributed by atoms with van der Waals surface area (Å²) in [6, 6.07) is 22.2. The molecule has 0 aliphatic heterocycles. The number of nitriles is 1. The maximum Gasteiger partial charge on any atom is 0.262 e. The van der Waals surface area contributed by atoms with Crippen LogP contribution < -0.4 is 14.8 Å². The number of imidazole rings is 1. The van der Waals surface area contributed by atoms with Gasteiger partial charge in [-0.3, -0.25) is 9.36 Å². The Morgan fingerprint density at radius 1 is 1.10 bits per heavy atom. The number of nitrogens with zero attached hydrogens (tertiary/aromatic N) is 3. The summed E-state index contributed by atoms with van der Waals surface area (Å²) in [6.45, 7) is -0.184. The van der Waals surface area contributed by atoms with Gasteiger partial charge < -0.3 is 14.8 Å². The largest absolute Gasteiger partial charge is 0.493 e. The second-order valence-corrected chi connectivity index (χ2v) is 6.46. The second-order valence-electron chi connectivity index (χ2n) is 6.46. The summed E-state index contributed by atoms with van der Waals surface area (Å²) in [5.41, 5.74) is 3.99. The van der Waals surface area contributed by atoms with Crippen LogP contribution >= 0.6 is 0 Å². The van der Waals surface area contributed by atoms with Crippen LogP contribution in [-0.2, 0) is 4.79 Å². The molecule has 3 aromatic carbocycles.